The summed E-state index contributed by atoms with van der Waals surface area (Å²) in [6.07, 6.45) is 0.892. The number of pyridine rings is 1. The number of sulfonamides is 1. The van der Waals surface area contributed by atoms with Crippen molar-refractivity contribution in [3.63, 3.8) is 0 Å². The van der Waals surface area contributed by atoms with Gasteiger partial charge < -0.3 is 14.6 Å². The van der Waals surface area contributed by atoms with Crippen LogP contribution < -0.4 is 4.72 Å². The molecule has 4 aromatic carbocycles. The first-order chi connectivity index (χ1) is 22.4. The molecule has 1 aromatic heterocycles. The molecule has 1 aliphatic heterocycles. The summed E-state index contributed by atoms with van der Waals surface area (Å²) in [6, 6.07) is 38.0. The topological polar surface area (TPSA) is 97.8 Å². The molecule has 0 saturated carbocycles. The highest BCUT2D eigenvalue weighted by Gasteiger charge is 2.38. The lowest BCUT2D eigenvalue weighted by molar-refractivity contribution is -0.268. The standard InChI is InChI=1S/C37H36N2O5S2/c1-26-34(25-45-35-13-7-8-22-38-35)43-37(44-36(26)29-16-14-27(24-40)15-17-29)30-20-18-28(19-21-30)33-12-6-5-9-31(33)23-39-46(41,42)32-10-3-2-4-11-32/h2-22,26,34,36-37,39-40H,23-25H2,1H3/t26-,34+,36+,37+/m1/s1. The number of aliphatic hydroxyl groups is 1. The molecule has 0 amide bonds. The second-order valence-electron chi connectivity index (χ2n) is 11.2. The molecule has 46 heavy (non-hydrogen) atoms. The van der Waals surface area contributed by atoms with Gasteiger partial charge in [0.25, 0.3) is 0 Å². The van der Waals surface area contributed by atoms with E-state index in [1.165, 1.54) is 0 Å². The number of ether oxygens (including phenoxy) is 2. The summed E-state index contributed by atoms with van der Waals surface area (Å²) in [5.74, 6) is 0.784. The SMILES string of the molecule is C[C@@H]1[C@H](CSc2ccccn2)O[C@H](c2ccc(-c3ccccc3CNS(=O)(=O)c3ccccc3)cc2)O[C@@H]1c1ccc(CO)cc1. The average molecular weight is 653 g/mol. The number of benzene rings is 4. The molecule has 1 saturated heterocycles. The summed E-state index contributed by atoms with van der Waals surface area (Å²) >= 11 is 1.66. The number of hydrogen-bond acceptors (Lipinski definition) is 7. The van der Waals surface area contributed by atoms with Gasteiger partial charge in [0, 0.05) is 30.0 Å². The van der Waals surface area contributed by atoms with E-state index in [4.69, 9.17) is 9.47 Å². The molecule has 6 rings (SSSR count). The molecule has 0 unspecified atom stereocenters. The Morgan fingerprint density at radius 2 is 1.50 bits per heavy atom. The van der Waals surface area contributed by atoms with Crippen molar-refractivity contribution in [3.8, 4) is 11.1 Å². The van der Waals surface area contributed by atoms with Crippen molar-refractivity contribution < 1.29 is 23.0 Å². The van der Waals surface area contributed by atoms with Gasteiger partial charge in [-0.3, -0.25) is 0 Å². The fourth-order valence-electron chi connectivity index (χ4n) is 5.54. The minimum atomic E-state index is -3.64. The van der Waals surface area contributed by atoms with Crippen LogP contribution in [-0.2, 0) is 32.6 Å². The quantitative estimate of drug-likeness (QED) is 0.145. The maximum atomic E-state index is 12.9. The third kappa shape index (κ3) is 7.58. The van der Waals surface area contributed by atoms with Crippen LogP contribution in [0, 0.1) is 5.92 Å². The van der Waals surface area contributed by atoms with Gasteiger partial charge in [-0.1, -0.05) is 104 Å². The molecule has 0 aliphatic carbocycles. The molecule has 5 aromatic rings. The van der Waals surface area contributed by atoms with Crippen LogP contribution in [0.4, 0.5) is 0 Å². The van der Waals surface area contributed by atoms with Crippen LogP contribution in [0.2, 0.25) is 0 Å². The van der Waals surface area contributed by atoms with E-state index in [-0.39, 0.29) is 36.2 Å². The summed E-state index contributed by atoms with van der Waals surface area (Å²) in [6.45, 7) is 2.30. The summed E-state index contributed by atoms with van der Waals surface area (Å²) < 4.78 is 41.7. The molecule has 0 radical (unpaired) electrons. The zero-order chi connectivity index (χ0) is 31.9. The van der Waals surface area contributed by atoms with Crippen molar-refractivity contribution in [2.75, 3.05) is 5.75 Å². The number of nitrogens with one attached hydrogen (secondary N) is 1. The van der Waals surface area contributed by atoms with E-state index in [1.54, 1.807) is 48.3 Å². The molecule has 0 bridgehead atoms. The fourth-order valence-corrected chi connectivity index (χ4v) is 7.60. The van der Waals surface area contributed by atoms with E-state index in [0.29, 0.717) is 5.75 Å². The van der Waals surface area contributed by atoms with E-state index in [0.717, 1.165) is 38.4 Å². The van der Waals surface area contributed by atoms with Crippen LogP contribution in [0.1, 0.15) is 41.6 Å². The molecule has 2 N–H and O–H groups in total. The van der Waals surface area contributed by atoms with E-state index in [9.17, 15) is 13.5 Å². The van der Waals surface area contributed by atoms with Crippen molar-refractivity contribution in [2.24, 2.45) is 5.92 Å². The van der Waals surface area contributed by atoms with E-state index in [2.05, 4.69) is 16.6 Å². The molecule has 2 heterocycles. The van der Waals surface area contributed by atoms with E-state index in [1.807, 2.05) is 91.0 Å². The zero-order valence-corrected chi connectivity index (χ0v) is 27.0. The number of nitrogens with zero attached hydrogens (tertiary/aromatic N) is 1. The smallest absolute Gasteiger partial charge is 0.240 e. The lowest BCUT2D eigenvalue weighted by atomic mass is 9.91. The maximum absolute atomic E-state index is 12.9. The lowest BCUT2D eigenvalue weighted by Crippen LogP contribution is -2.38. The second kappa shape index (κ2) is 14.7. The molecular weight excluding hydrogens is 617 g/mol. The second-order valence-corrected chi connectivity index (χ2v) is 14.0. The molecule has 0 spiro atoms. The van der Waals surface area contributed by atoms with E-state index >= 15 is 0 Å². The number of thioether (sulfide) groups is 1. The Hall–Kier alpha value is -3.83. The van der Waals surface area contributed by atoms with Crippen molar-refractivity contribution >= 4 is 21.8 Å². The molecular formula is C37H36N2O5S2. The van der Waals surface area contributed by atoms with Crippen molar-refractivity contribution in [1.29, 1.82) is 0 Å². The third-order valence-corrected chi connectivity index (χ3v) is 10.6. The monoisotopic (exact) mass is 652 g/mol. The molecule has 1 aliphatic rings. The van der Waals surface area contributed by atoms with Gasteiger partial charge in [-0.25, -0.2) is 18.1 Å². The van der Waals surface area contributed by atoms with Gasteiger partial charge in [-0.2, -0.15) is 0 Å². The average Bonchev–Trinajstić information content (AvgIpc) is 3.11. The van der Waals surface area contributed by atoms with Gasteiger partial charge in [0.15, 0.2) is 6.29 Å². The van der Waals surface area contributed by atoms with Crippen LogP contribution in [0.5, 0.6) is 0 Å². The number of aliphatic hydroxyl groups excluding tert-OH is 1. The Balaban J connectivity index is 1.22. The summed E-state index contributed by atoms with van der Waals surface area (Å²) in [5.41, 5.74) is 5.55. The Kier molecular flexibility index (Phi) is 10.3. The maximum Gasteiger partial charge on any atom is 0.240 e. The van der Waals surface area contributed by atoms with Crippen LogP contribution in [-0.4, -0.2) is 30.4 Å². The Bertz CT molecular complexity index is 1820. The zero-order valence-electron chi connectivity index (χ0n) is 25.4. The highest BCUT2D eigenvalue weighted by Crippen LogP contribution is 2.43. The summed E-state index contributed by atoms with van der Waals surface area (Å²) in [7, 11) is -3.64. The van der Waals surface area contributed by atoms with E-state index < -0.39 is 16.3 Å². The first-order valence-electron chi connectivity index (χ1n) is 15.2. The molecule has 9 heteroatoms. The lowest BCUT2D eigenvalue weighted by Gasteiger charge is -2.41. The van der Waals surface area contributed by atoms with Gasteiger partial charge >= 0.3 is 0 Å². The highest BCUT2D eigenvalue weighted by molar-refractivity contribution is 7.99. The van der Waals surface area contributed by atoms with Gasteiger partial charge in [0.2, 0.25) is 10.0 Å². The highest BCUT2D eigenvalue weighted by atomic mass is 32.2. The first kappa shape index (κ1) is 32.1. The van der Waals surface area contributed by atoms with Gasteiger partial charge in [-0.05, 0) is 52.1 Å². The predicted molar refractivity (Wildman–Crippen MR) is 180 cm³/mol. The largest absolute Gasteiger partial charge is 0.392 e. The molecule has 1 fully saturated rings. The minimum absolute atomic E-state index is 0.00911. The van der Waals surface area contributed by atoms with Gasteiger partial charge in [0.05, 0.1) is 28.7 Å². The summed E-state index contributed by atoms with van der Waals surface area (Å²) in [5, 5.41) is 10.5. The Morgan fingerprint density at radius 3 is 2.22 bits per heavy atom. The van der Waals surface area contributed by atoms with Crippen LogP contribution in [0.25, 0.3) is 11.1 Å². The third-order valence-electron chi connectivity index (χ3n) is 8.17. The molecule has 4 atom stereocenters. The van der Waals surface area contributed by atoms with Crippen molar-refractivity contribution in [1.82, 2.24) is 9.71 Å². The van der Waals surface area contributed by atoms with Crippen molar-refractivity contribution in [2.45, 2.75) is 48.5 Å². The number of aromatic nitrogens is 1. The molecule has 7 nitrogen and oxygen atoms in total. The Morgan fingerprint density at radius 1 is 0.804 bits per heavy atom. The van der Waals surface area contributed by atoms with Crippen molar-refractivity contribution in [3.05, 3.63) is 150 Å². The van der Waals surface area contributed by atoms with Crippen LogP contribution in [0.15, 0.2) is 137 Å². The van der Waals surface area contributed by atoms with Gasteiger partial charge in [-0.15, -0.1) is 11.8 Å². The summed E-state index contributed by atoms with van der Waals surface area (Å²) in [4.78, 5) is 4.70. The first-order valence-corrected chi connectivity index (χ1v) is 17.7. The number of rotatable bonds is 11. The molecule has 236 valence electrons. The predicted octanol–water partition coefficient (Wildman–Crippen LogP) is 7.30. The normalized spacial score (nSPS) is 20.0. The van der Waals surface area contributed by atoms with Crippen LogP contribution in [0.3, 0.4) is 0 Å². The van der Waals surface area contributed by atoms with Crippen LogP contribution >= 0.6 is 11.8 Å². The number of hydrogen-bond donors (Lipinski definition) is 2. The minimum Gasteiger partial charge on any atom is -0.392 e. The Labute approximate surface area is 274 Å². The fraction of sp³-hybridized carbons (Fsp3) is 0.216. The van der Waals surface area contributed by atoms with Gasteiger partial charge in [0.1, 0.15) is 0 Å².